The number of ether oxygens (including phenoxy) is 2. The molecule has 2 amide bonds. The molecular formula is C32H37Br2N5O7S3. The van der Waals surface area contributed by atoms with E-state index in [0.29, 0.717) is 27.1 Å². The first-order chi connectivity index (χ1) is 23.1. The molecule has 3 atom stereocenters. The molecule has 2 aromatic carbocycles. The van der Waals surface area contributed by atoms with Crippen LogP contribution in [0.5, 0.6) is 11.5 Å². The highest BCUT2D eigenvalue weighted by Crippen LogP contribution is 2.60. The van der Waals surface area contributed by atoms with Gasteiger partial charge in [-0.15, -0.1) is 23.5 Å². The van der Waals surface area contributed by atoms with Gasteiger partial charge in [0.1, 0.15) is 27.7 Å². The number of esters is 1. The van der Waals surface area contributed by atoms with Crippen molar-refractivity contribution in [2.75, 3.05) is 26.6 Å². The van der Waals surface area contributed by atoms with Gasteiger partial charge in [0.25, 0.3) is 0 Å². The van der Waals surface area contributed by atoms with Crippen molar-refractivity contribution in [3.05, 3.63) is 69.6 Å². The molecule has 0 heterocycles. The summed E-state index contributed by atoms with van der Waals surface area (Å²) in [5, 5.41) is 18.0. The lowest BCUT2D eigenvalue weighted by Gasteiger charge is -2.19. The highest BCUT2D eigenvalue weighted by molar-refractivity contribution is 9.28. The summed E-state index contributed by atoms with van der Waals surface area (Å²) in [7, 11) is 2.88. The predicted molar refractivity (Wildman–Crippen MR) is 203 cm³/mol. The van der Waals surface area contributed by atoms with Gasteiger partial charge in [0.2, 0.25) is 6.10 Å². The molecule has 0 spiro atoms. The Morgan fingerprint density at radius 2 is 1.45 bits per heavy atom. The molecule has 0 unspecified atom stereocenters. The number of amides is 2. The van der Waals surface area contributed by atoms with E-state index in [1.54, 1.807) is 38.1 Å². The Labute approximate surface area is 316 Å². The highest BCUT2D eigenvalue weighted by atomic mass is 79.9. The molecule has 0 aliphatic heterocycles. The van der Waals surface area contributed by atoms with Crippen molar-refractivity contribution in [1.82, 2.24) is 8.61 Å². The standard InChI is InChI=1S/C22H19Br2NO3.C10H18N4O4S3/c1-22(2)17(12-19(23)24)20(22)21(26)28-18(13-25)14-7-6-10-16(11-14)27-15-8-4-3-5-9-15;1-7(19-5)11-17-9(15)13(3)21-14(4)10(16)18-12-8(2)20-6/h3-12,17-18,20H,1-2H3;1-6H3/b;11-7-,12-8-/t17-,18+,20-;/m0./s1. The highest BCUT2D eigenvalue weighted by Gasteiger charge is 2.61. The topological polar surface area (TPSA) is 143 Å². The first-order valence-electron chi connectivity index (χ1n) is 14.3. The van der Waals surface area contributed by atoms with Gasteiger partial charge in [0.05, 0.1) is 21.4 Å². The minimum atomic E-state index is -0.986. The number of carbonyl (C=O) groups excluding carboxylic acids is 3. The van der Waals surface area contributed by atoms with Gasteiger partial charge in [-0.2, -0.15) is 5.26 Å². The van der Waals surface area contributed by atoms with Gasteiger partial charge in [0.15, 0.2) is 0 Å². The minimum Gasteiger partial charge on any atom is -0.457 e. The summed E-state index contributed by atoms with van der Waals surface area (Å²) in [6, 6.07) is 18.5. The van der Waals surface area contributed by atoms with Crippen LogP contribution in [0.15, 0.2) is 74.4 Å². The van der Waals surface area contributed by atoms with Crippen molar-refractivity contribution in [3.8, 4) is 17.6 Å². The molecule has 12 nitrogen and oxygen atoms in total. The van der Waals surface area contributed by atoms with Gasteiger partial charge in [-0.1, -0.05) is 60.6 Å². The van der Waals surface area contributed by atoms with Crippen LogP contribution in [0.25, 0.3) is 0 Å². The van der Waals surface area contributed by atoms with Crippen molar-refractivity contribution in [1.29, 1.82) is 5.26 Å². The van der Waals surface area contributed by atoms with Crippen molar-refractivity contribution < 1.29 is 33.5 Å². The van der Waals surface area contributed by atoms with Gasteiger partial charge in [0, 0.05) is 19.7 Å². The van der Waals surface area contributed by atoms with E-state index < -0.39 is 18.3 Å². The molecule has 0 aromatic heterocycles. The number of thioether (sulfide) groups is 2. The van der Waals surface area contributed by atoms with E-state index in [9.17, 15) is 19.6 Å². The van der Waals surface area contributed by atoms with E-state index in [-0.39, 0.29) is 23.2 Å². The fraction of sp³-hybridized carbons (Fsp3) is 0.375. The maximum absolute atomic E-state index is 12.7. The minimum absolute atomic E-state index is 0.0563. The number of benzene rings is 2. The van der Waals surface area contributed by atoms with E-state index in [0.717, 1.165) is 24.1 Å². The second-order valence-corrected chi connectivity index (χ2v) is 16.7. The quantitative estimate of drug-likeness (QED) is 0.0563. The van der Waals surface area contributed by atoms with Crippen LogP contribution in [-0.2, 0) is 19.2 Å². The number of carbonyl (C=O) groups is 3. The average molecular weight is 860 g/mol. The normalized spacial score (nSPS) is 16.8. The summed E-state index contributed by atoms with van der Waals surface area (Å²) < 4.78 is 14.4. The molecule has 49 heavy (non-hydrogen) atoms. The number of allylic oxidation sites excluding steroid dienone is 1. The molecule has 1 saturated carbocycles. The molecule has 1 aliphatic carbocycles. The zero-order valence-corrected chi connectivity index (χ0v) is 33.7. The summed E-state index contributed by atoms with van der Waals surface area (Å²) in [6.07, 6.45) is 3.16. The van der Waals surface area contributed by atoms with Crippen LogP contribution in [0.4, 0.5) is 9.59 Å². The fourth-order valence-corrected chi connectivity index (χ4v) is 5.31. The summed E-state index contributed by atoms with van der Waals surface area (Å²) in [5.41, 5.74) is 0.374. The number of nitrogens with zero attached hydrogens (tertiary/aromatic N) is 5. The van der Waals surface area contributed by atoms with Crippen molar-refractivity contribution in [2.45, 2.75) is 33.8 Å². The van der Waals surface area contributed by atoms with Crippen LogP contribution in [0.1, 0.15) is 39.4 Å². The first kappa shape index (κ1) is 42.0. The number of hydrogen-bond acceptors (Lipinski definition) is 13. The van der Waals surface area contributed by atoms with Crippen LogP contribution in [-0.4, -0.2) is 63.5 Å². The van der Waals surface area contributed by atoms with E-state index in [2.05, 4.69) is 57.9 Å². The number of nitriles is 1. The van der Waals surface area contributed by atoms with E-state index >= 15 is 0 Å². The molecule has 0 bridgehead atoms. The van der Waals surface area contributed by atoms with Gasteiger partial charge >= 0.3 is 18.2 Å². The molecule has 0 radical (unpaired) electrons. The summed E-state index contributed by atoms with van der Waals surface area (Å²) >= 11 is 10.2. The lowest BCUT2D eigenvalue weighted by Crippen LogP contribution is -2.28. The molecule has 2 aromatic rings. The maximum Gasteiger partial charge on any atom is 0.447 e. The molecule has 1 fully saturated rings. The third kappa shape index (κ3) is 13.9. The Morgan fingerprint density at radius 3 is 1.94 bits per heavy atom. The number of rotatable bonds is 10. The van der Waals surface area contributed by atoms with Crippen LogP contribution in [0.2, 0.25) is 0 Å². The Balaban J connectivity index is 0.000000357. The SMILES string of the molecule is CC1(C)[C@H](C(=O)O[C@H](C#N)c2cccc(Oc3ccccc3)c2)[C@@H]1C=C(Br)Br.CS/C(C)=N\OC(=O)N(C)SN(C)C(=O)O/N=C(/C)SC. The number of hydrogen-bond donors (Lipinski definition) is 0. The third-order valence-electron chi connectivity index (χ3n) is 6.82. The molecule has 264 valence electrons. The Kier molecular flexibility index (Phi) is 17.6. The zero-order chi connectivity index (χ0) is 36.7. The van der Waals surface area contributed by atoms with E-state index in [4.69, 9.17) is 9.47 Å². The molecule has 0 saturated heterocycles. The van der Waals surface area contributed by atoms with Crippen molar-refractivity contribution >= 4 is 95.8 Å². The largest absolute Gasteiger partial charge is 0.457 e. The number of halogens is 2. The fourth-order valence-electron chi connectivity index (χ4n) is 3.95. The van der Waals surface area contributed by atoms with E-state index in [1.165, 1.54) is 37.6 Å². The van der Waals surface area contributed by atoms with Crippen LogP contribution in [0, 0.1) is 28.6 Å². The summed E-state index contributed by atoms with van der Waals surface area (Å²) in [4.78, 5) is 45.2. The first-order valence-corrected chi connectivity index (χ1v) is 19.1. The Hall–Kier alpha value is -3.17. The molecule has 0 N–H and O–H groups in total. The van der Waals surface area contributed by atoms with Crippen LogP contribution >= 0.6 is 67.5 Å². The summed E-state index contributed by atoms with van der Waals surface area (Å²) in [5.74, 6) is 0.683. The number of para-hydroxylation sites is 1. The van der Waals surface area contributed by atoms with Gasteiger partial charge in [-0.3, -0.25) is 14.5 Å². The molecule has 1 aliphatic rings. The molecular weight excluding hydrogens is 822 g/mol. The van der Waals surface area contributed by atoms with Crippen molar-refractivity contribution in [2.24, 2.45) is 27.6 Å². The van der Waals surface area contributed by atoms with Crippen LogP contribution in [0.3, 0.4) is 0 Å². The predicted octanol–water partition coefficient (Wildman–Crippen LogP) is 9.57. The second kappa shape index (κ2) is 20.5. The zero-order valence-electron chi connectivity index (χ0n) is 28.1. The number of oxime groups is 2. The smallest absolute Gasteiger partial charge is 0.447 e. The second-order valence-electron chi connectivity index (χ2n) is 10.6. The van der Waals surface area contributed by atoms with Gasteiger partial charge in [-0.05, 0) is 93.8 Å². The van der Waals surface area contributed by atoms with Crippen LogP contribution < -0.4 is 4.74 Å². The molecule has 17 heteroatoms. The lowest BCUT2D eigenvalue weighted by atomic mass is 10.1. The lowest BCUT2D eigenvalue weighted by molar-refractivity contribution is -0.149. The summed E-state index contributed by atoms with van der Waals surface area (Å²) in [6.45, 7) is 7.44. The monoisotopic (exact) mass is 857 g/mol. The molecule has 3 rings (SSSR count). The maximum atomic E-state index is 12.7. The van der Waals surface area contributed by atoms with Gasteiger partial charge in [-0.25, -0.2) is 18.2 Å². The Bertz CT molecular complexity index is 1550. The van der Waals surface area contributed by atoms with Gasteiger partial charge < -0.3 is 9.47 Å². The third-order valence-corrected chi connectivity index (χ3v) is 9.46. The van der Waals surface area contributed by atoms with E-state index in [1.807, 2.05) is 62.8 Å². The Morgan fingerprint density at radius 1 is 0.918 bits per heavy atom. The van der Waals surface area contributed by atoms with Crippen molar-refractivity contribution in [3.63, 3.8) is 0 Å². The average Bonchev–Trinajstić information content (AvgIpc) is 3.62.